The fourth-order valence-corrected chi connectivity index (χ4v) is 4.11. The second-order valence-electron chi connectivity index (χ2n) is 5.23. The normalized spacial score (nSPS) is 10.5. The third-order valence-electron chi connectivity index (χ3n) is 3.73. The molecule has 2 heterocycles. The summed E-state index contributed by atoms with van der Waals surface area (Å²) in [6, 6.07) is 15.3. The van der Waals surface area contributed by atoms with Gasteiger partial charge in [-0.15, -0.1) is 22.7 Å². The summed E-state index contributed by atoms with van der Waals surface area (Å²) in [7, 11) is 1.33. The molecule has 0 fully saturated rings. The van der Waals surface area contributed by atoms with Crippen LogP contribution in [0.5, 0.6) is 0 Å². The molecule has 25 heavy (non-hydrogen) atoms. The van der Waals surface area contributed by atoms with E-state index in [1.807, 2.05) is 42.6 Å². The van der Waals surface area contributed by atoms with Crippen LogP contribution in [0.1, 0.15) is 26.3 Å². The highest BCUT2D eigenvalue weighted by Gasteiger charge is 2.20. The molecular formula is C19H17NO3S2. The van der Waals surface area contributed by atoms with Crippen molar-refractivity contribution in [3.63, 3.8) is 0 Å². The molecule has 3 rings (SSSR count). The standard InChI is InChI=1S/C19H17NO3S2/c1-3-20(18(21)16-9-10-17(25-16)19(22)23-2)14-7-4-6-13(12-14)15-8-5-11-24-15/h4-12H,3H2,1-2H3. The summed E-state index contributed by atoms with van der Waals surface area (Å²) in [5.41, 5.74) is 1.92. The number of benzene rings is 1. The molecule has 4 nitrogen and oxygen atoms in total. The number of nitrogens with zero attached hydrogens (tertiary/aromatic N) is 1. The molecule has 0 bridgehead atoms. The first-order chi connectivity index (χ1) is 12.1. The van der Waals surface area contributed by atoms with E-state index in [1.54, 1.807) is 28.4 Å². The summed E-state index contributed by atoms with van der Waals surface area (Å²) in [5.74, 6) is -0.544. The van der Waals surface area contributed by atoms with E-state index in [2.05, 4.69) is 6.07 Å². The Kier molecular flexibility index (Phi) is 5.31. The highest BCUT2D eigenvalue weighted by Crippen LogP contribution is 2.29. The van der Waals surface area contributed by atoms with Crippen LogP contribution in [0.2, 0.25) is 0 Å². The molecule has 0 aliphatic heterocycles. The SMILES string of the molecule is CCN(C(=O)c1ccc(C(=O)OC)s1)c1cccc(-c2cccs2)c1. The van der Waals surface area contributed by atoms with Gasteiger partial charge in [0.2, 0.25) is 0 Å². The third-order valence-corrected chi connectivity index (χ3v) is 5.70. The number of amides is 1. The molecular weight excluding hydrogens is 354 g/mol. The topological polar surface area (TPSA) is 46.6 Å². The van der Waals surface area contributed by atoms with E-state index >= 15 is 0 Å². The molecule has 0 spiro atoms. The summed E-state index contributed by atoms with van der Waals surface area (Å²) in [6.07, 6.45) is 0. The molecule has 0 saturated carbocycles. The number of esters is 1. The van der Waals surface area contributed by atoms with Gasteiger partial charge in [0.15, 0.2) is 0 Å². The van der Waals surface area contributed by atoms with Crippen LogP contribution in [0.3, 0.4) is 0 Å². The predicted octanol–water partition coefficient (Wildman–Crippen LogP) is 4.93. The van der Waals surface area contributed by atoms with Crippen LogP contribution in [-0.4, -0.2) is 25.5 Å². The fourth-order valence-electron chi connectivity index (χ4n) is 2.51. The number of hydrogen-bond donors (Lipinski definition) is 0. The van der Waals surface area contributed by atoms with Gasteiger partial charge in [-0.25, -0.2) is 4.79 Å². The van der Waals surface area contributed by atoms with Crippen LogP contribution in [-0.2, 0) is 4.74 Å². The van der Waals surface area contributed by atoms with Gasteiger partial charge in [-0.2, -0.15) is 0 Å². The zero-order chi connectivity index (χ0) is 17.8. The van der Waals surface area contributed by atoms with Gasteiger partial charge in [-0.1, -0.05) is 18.2 Å². The lowest BCUT2D eigenvalue weighted by Crippen LogP contribution is -2.29. The zero-order valence-corrected chi connectivity index (χ0v) is 15.5. The van der Waals surface area contributed by atoms with Crippen molar-refractivity contribution < 1.29 is 14.3 Å². The molecule has 0 saturated heterocycles. The van der Waals surface area contributed by atoms with Gasteiger partial charge < -0.3 is 9.64 Å². The second kappa shape index (κ2) is 7.63. The van der Waals surface area contributed by atoms with Gasteiger partial charge in [0.05, 0.1) is 12.0 Å². The Labute approximate surface area is 154 Å². The Bertz CT molecular complexity index is 884. The predicted molar refractivity (Wildman–Crippen MR) is 103 cm³/mol. The van der Waals surface area contributed by atoms with E-state index in [1.165, 1.54) is 7.11 Å². The number of carbonyl (C=O) groups is 2. The molecule has 6 heteroatoms. The van der Waals surface area contributed by atoms with Gasteiger partial charge in [0.1, 0.15) is 4.88 Å². The molecule has 0 atom stereocenters. The van der Waals surface area contributed by atoms with E-state index in [0.717, 1.165) is 27.5 Å². The summed E-state index contributed by atoms with van der Waals surface area (Å²) in [5, 5.41) is 2.03. The Morgan fingerprint density at radius 2 is 1.88 bits per heavy atom. The lowest BCUT2D eigenvalue weighted by Gasteiger charge is -2.21. The van der Waals surface area contributed by atoms with Gasteiger partial charge in [0.25, 0.3) is 5.91 Å². The molecule has 128 valence electrons. The first-order valence-corrected chi connectivity index (χ1v) is 9.47. The maximum Gasteiger partial charge on any atom is 0.348 e. The van der Waals surface area contributed by atoms with Crippen molar-refractivity contribution in [3.05, 3.63) is 63.7 Å². The van der Waals surface area contributed by atoms with Gasteiger partial charge in [0, 0.05) is 17.1 Å². The van der Waals surface area contributed by atoms with Gasteiger partial charge in [-0.05, 0) is 48.2 Å². The molecule has 0 radical (unpaired) electrons. The summed E-state index contributed by atoms with van der Waals surface area (Å²) >= 11 is 2.82. The fraction of sp³-hybridized carbons (Fsp3) is 0.158. The van der Waals surface area contributed by atoms with Crippen LogP contribution in [0.4, 0.5) is 5.69 Å². The Morgan fingerprint density at radius 3 is 2.56 bits per heavy atom. The maximum atomic E-state index is 12.9. The quantitative estimate of drug-likeness (QED) is 0.598. The number of rotatable bonds is 5. The Morgan fingerprint density at radius 1 is 1.08 bits per heavy atom. The number of hydrogen-bond acceptors (Lipinski definition) is 5. The minimum absolute atomic E-state index is 0.119. The minimum atomic E-state index is -0.424. The largest absolute Gasteiger partial charge is 0.465 e. The molecule has 1 aromatic carbocycles. The Balaban J connectivity index is 1.89. The minimum Gasteiger partial charge on any atom is -0.465 e. The van der Waals surface area contributed by atoms with E-state index in [4.69, 9.17) is 4.74 Å². The molecule has 0 N–H and O–H groups in total. The van der Waals surface area contributed by atoms with Gasteiger partial charge >= 0.3 is 5.97 Å². The highest BCUT2D eigenvalue weighted by molar-refractivity contribution is 7.16. The van der Waals surface area contributed by atoms with Crippen molar-refractivity contribution in [2.24, 2.45) is 0 Å². The van der Waals surface area contributed by atoms with Crippen molar-refractivity contribution in [1.29, 1.82) is 0 Å². The lowest BCUT2D eigenvalue weighted by molar-refractivity contribution is 0.0606. The monoisotopic (exact) mass is 371 g/mol. The average molecular weight is 371 g/mol. The Hall–Kier alpha value is -2.44. The van der Waals surface area contributed by atoms with Crippen LogP contribution in [0.15, 0.2) is 53.9 Å². The van der Waals surface area contributed by atoms with Gasteiger partial charge in [-0.3, -0.25) is 4.79 Å². The summed E-state index contributed by atoms with van der Waals surface area (Å²) in [4.78, 5) is 28.3. The number of carbonyl (C=O) groups excluding carboxylic acids is 2. The first-order valence-electron chi connectivity index (χ1n) is 7.78. The molecule has 0 unspecified atom stereocenters. The summed E-state index contributed by atoms with van der Waals surface area (Å²) < 4.78 is 4.71. The van der Waals surface area contributed by atoms with Crippen LogP contribution < -0.4 is 4.90 Å². The number of methoxy groups -OCH3 is 1. The van der Waals surface area contributed by atoms with Crippen molar-refractivity contribution in [2.45, 2.75) is 6.92 Å². The van der Waals surface area contributed by atoms with Crippen LogP contribution >= 0.6 is 22.7 Å². The van der Waals surface area contributed by atoms with Crippen LogP contribution in [0, 0.1) is 0 Å². The van der Waals surface area contributed by atoms with E-state index in [9.17, 15) is 9.59 Å². The van der Waals surface area contributed by atoms with Crippen LogP contribution in [0.25, 0.3) is 10.4 Å². The highest BCUT2D eigenvalue weighted by atomic mass is 32.1. The smallest absolute Gasteiger partial charge is 0.348 e. The average Bonchev–Trinajstić information content (AvgIpc) is 3.33. The number of anilines is 1. The first kappa shape index (κ1) is 17.4. The van der Waals surface area contributed by atoms with Crippen molar-refractivity contribution >= 4 is 40.2 Å². The second-order valence-corrected chi connectivity index (χ2v) is 7.26. The zero-order valence-electron chi connectivity index (χ0n) is 13.9. The van der Waals surface area contributed by atoms with Crippen molar-refractivity contribution in [3.8, 4) is 10.4 Å². The maximum absolute atomic E-state index is 12.9. The third kappa shape index (κ3) is 3.65. The van der Waals surface area contributed by atoms with E-state index < -0.39 is 5.97 Å². The van der Waals surface area contributed by atoms with Crippen molar-refractivity contribution in [1.82, 2.24) is 0 Å². The summed E-state index contributed by atoms with van der Waals surface area (Å²) in [6.45, 7) is 2.47. The molecule has 0 aliphatic carbocycles. The van der Waals surface area contributed by atoms with Crippen molar-refractivity contribution in [2.75, 3.05) is 18.6 Å². The molecule has 2 aromatic heterocycles. The van der Waals surface area contributed by atoms with E-state index in [0.29, 0.717) is 16.3 Å². The lowest BCUT2D eigenvalue weighted by atomic mass is 10.1. The number of thiophene rings is 2. The van der Waals surface area contributed by atoms with E-state index in [-0.39, 0.29) is 5.91 Å². The molecule has 0 aliphatic rings. The molecule has 1 amide bonds. The molecule has 3 aromatic rings. The number of ether oxygens (including phenoxy) is 1.